The normalized spacial score (nSPS) is 20.6. The van der Waals surface area contributed by atoms with Crippen molar-refractivity contribution in [3.63, 3.8) is 0 Å². The van der Waals surface area contributed by atoms with Gasteiger partial charge in [-0.15, -0.1) is 0 Å². The van der Waals surface area contributed by atoms with Crippen molar-refractivity contribution < 1.29 is 9.63 Å². The van der Waals surface area contributed by atoms with Gasteiger partial charge in [0, 0.05) is 5.92 Å². The summed E-state index contributed by atoms with van der Waals surface area (Å²) in [5, 5.41) is 18.4. The number of nitrogens with zero attached hydrogens (tertiary/aromatic N) is 4. The third kappa shape index (κ3) is 2.08. The monoisotopic (exact) mass is 282 g/mol. The molecule has 6 nitrogen and oxygen atoms in total. The number of hydrogen-bond donors (Lipinski definition) is 1. The Balaban J connectivity index is 1.69. The largest absolute Gasteiger partial charge is 0.504 e. The predicted molar refractivity (Wildman–Crippen MR) is 75.0 cm³/mol. The topological polar surface area (TPSA) is 77.0 Å². The fraction of sp³-hybridized carbons (Fsp3) is 0.267. The second kappa shape index (κ2) is 4.44. The lowest BCUT2D eigenvalue weighted by Crippen LogP contribution is -1.94. The lowest BCUT2D eigenvalue weighted by atomic mass is 10.3. The number of aromatic nitrogens is 4. The first kappa shape index (κ1) is 12.1. The summed E-state index contributed by atoms with van der Waals surface area (Å²) in [5.41, 5.74) is 1.17. The lowest BCUT2D eigenvalue weighted by molar-refractivity contribution is 0.416. The van der Waals surface area contributed by atoms with Gasteiger partial charge in [0.1, 0.15) is 0 Å². The van der Waals surface area contributed by atoms with Crippen molar-refractivity contribution in [1.29, 1.82) is 0 Å². The zero-order valence-electron chi connectivity index (χ0n) is 11.5. The maximum absolute atomic E-state index is 10.1. The molecule has 1 aliphatic carbocycles. The second-order valence-electron chi connectivity index (χ2n) is 5.42. The summed E-state index contributed by atoms with van der Waals surface area (Å²) < 4.78 is 6.82. The molecule has 4 rings (SSSR count). The number of benzene rings is 1. The van der Waals surface area contributed by atoms with Crippen LogP contribution in [0.4, 0.5) is 0 Å². The summed E-state index contributed by atoms with van der Waals surface area (Å²) in [5.74, 6) is 1.96. The first-order valence-electron chi connectivity index (χ1n) is 6.90. The van der Waals surface area contributed by atoms with Gasteiger partial charge in [0.15, 0.2) is 17.3 Å². The van der Waals surface area contributed by atoms with E-state index < -0.39 is 0 Å². The van der Waals surface area contributed by atoms with Crippen LogP contribution in [0.15, 0.2) is 41.1 Å². The molecule has 2 aromatic heterocycles. The quantitative estimate of drug-likeness (QED) is 0.799. The van der Waals surface area contributed by atoms with Gasteiger partial charge < -0.3 is 9.63 Å². The van der Waals surface area contributed by atoms with Gasteiger partial charge >= 0.3 is 0 Å². The Morgan fingerprint density at radius 1 is 1.29 bits per heavy atom. The van der Waals surface area contributed by atoms with Crippen LogP contribution in [0.3, 0.4) is 0 Å². The zero-order valence-corrected chi connectivity index (χ0v) is 11.5. The van der Waals surface area contributed by atoms with E-state index in [1.165, 1.54) is 6.20 Å². The molecule has 2 unspecified atom stereocenters. The molecule has 1 saturated carbocycles. The van der Waals surface area contributed by atoms with Crippen LogP contribution in [0.5, 0.6) is 5.75 Å². The van der Waals surface area contributed by atoms with Gasteiger partial charge in [-0.25, -0.2) is 4.68 Å². The zero-order chi connectivity index (χ0) is 14.4. The molecule has 0 spiro atoms. The number of aromatic hydroxyl groups is 1. The number of rotatable bonds is 3. The number of hydrogen-bond acceptors (Lipinski definition) is 5. The van der Waals surface area contributed by atoms with Gasteiger partial charge in [-0.1, -0.05) is 30.3 Å². The van der Waals surface area contributed by atoms with E-state index in [1.54, 1.807) is 4.68 Å². The molecule has 21 heavy (non-hydrogen) atoms. The molecule has 1 N–H and O–H groups in total. The van der Waals surface area contributed by atoms with Gasteiger partial charge in [-0.05, 0) is 24.5 Å². The average Bonchev–Trinajstić information content (AvgIpc) is 2.92. The molecule has 1 fully saturated rings. The summed E-state index contributed by atoms with van der Waals surface area (Å²) >= 11 is 0. The highest BCUT2D eigenvalue weighted by Crippen LogP contribution is 2.46. The summed E-state index contributed by atoms with van der Waals surface area (Å²) in [4.78, 5) is 4.35. The van der Waals surface area contributed by atoms with Crippen LogP contribution in [0.2, 0.25) is 0 Å². The fourth-order valence-electron chi connectivity index (χ4n) is 2.39. The van der Waals surface area contributed by atoms with Crippen LogP contribution in [0, 0.1) is 5.92 Å². The summed E-state index contributed by atoms with van der Waals surface area (Å²) in [6.07, 6.45) is 2.62. The smallest absolute Gasteiger partial charge is 0.282 e. The summed E-state index contributed by atoms with van der Waals surface area (Å²) in [6.45, 7) is 2.16. The third-order valence-corrected chi connectivity index (χ3v) is 3.80. The Hall–Kier alpha value is -2.63. The van der Waals surface area contributed by atoms with Crippen LogP contribution < -0.4 is 0 Å². The minimum Gasteiger partial charge on any atom is -0.504 e. The van der Waals surface area contributed by atoms with E-state index in [4.69, 9.17) is 4.52 Å². The van der Waals surface area contributed by atoms with Gasteiger partial charge in [0.2, 0.25) is 0 Å². The standard InChI is InChI=1S/C15H14N4O2/c1-9-7-11(9)14-16-15(21-18-14)13-12(20)8-19(17-13)10-5-3-2-4-6-10/h2-6,8-9,11,20H,7H2,1H3. The van der Waals surface area contributed by atoms with Gasteiger partial charge in [-0.2, -0.15) is 10.1 Å². The summed E-state index contributed by atoms with van der Waals surface area (Å²) in [7, 11) is 0. The first-order chi connectivity index (χ1) is 10.2. The van der Waals surface area contributed by atoms with E-state index in [2.05, 4.69) is 22.2 Å². The van der Waals surface area contributed by atoms with Gasteiger partial charge in [0.25, 0.3) is 5.89 Å². The number of para-hydroxylation sites is 1. The molecule has 3 aromatic rings. The first-order valence-corrected chi connectivity index (χ1v) is 6.90. The van der Waals surface area contributed by atoms with Crippen molar-refractivity contribution in [1.82, 2.24) is 19.9 Å². The van der Waals surface area contributed by atoms with Gasteiger partial charge in [0.05, 0.1) is 11.9 Å². The maximum Gasteiger partial charge on any atom is 0.282 e. The molecular weight excluding hydrogens is 268 g/mol. The Labute approximate surface area is 121 Å². The van der Waals surface area contributed by atoms with E-state index in [-0.39, 0.29) is 11.6 Å². The highest BCUT2D eigenvalue weighted by Gasteiger charge is 2.38. The molecule has 1 aliphatic rings. The Bertz CT molecular complexity index is 778. The van der Waals surface area contributed by atoms with Crippen LogP contribution in [0.25, 0.3) is 17.3 Å². The Morgan fingerprint density at radius 3 is 2.76 bits per heavy atom. The van der Waals surface area contributed by atoms with Crippen molar-refractivity contribution in [2.75, 3.05) is 0 Å². The van der Waals surface area contributed by atoms with Crippen LogP contribution in [-0.2, 0) is 0 Å². The molecule has 2 heterocycles. The van der Waals surface area contributed by atoms with Crippen LogP contribution in [0.1, 0.15) is 25.1 Å². The van der Waals surface area contributed by atoms with E-state index in [9.17, 15) is 5.11 Å². The molecule has 0 saturated heterocycles. The van der Waals surface area contributed by atoms with Crippen LogP contribution in [-0.4, -0.2) is 25.0 Å². The highest BCUT2D eigenvalue weighted by atomic mass is 16.5. The molecule has 0 aliphatic heterocycles. The second-order valence-corrected chi connectivity index (χ2v) is 5.42. The minimum absolute atomic E-state index is 0.0258. The van der Waals surface area contributed by atoms with Crippen molar-refractivity contribution in [3.8, 4) is 23.0 Å². The predicted octanol–water partition coefficient (Wildman–Crippen LogP) is 2.75. The van der Waals surface area contributed by atoms with Crippen LogP contribution >= 0.6 is 0 Å². The van der Waals surface area contributed by atoms with Crippen molar-refractivity contribution >= 4 is 0 Å². The molecule has 6 heteroatoms. The minimum atomic E-state index is 0.0258. The van der Waals surface area contributed by atoms with E-state index in [0.717, 1.165) is 12.1 Å². The SMILES string of the molecule is CC1CC1c1noc(-c2nn(-c3ccccc3)cc2O)n1. The van der Waals surface area contributed by atoms with E-state index in [1.807, 2.05) is 30.3 Å². The average molecular weight is 282 g/mol. The molecule has 2 atom stereocenters. The van der Waals surface area contributed by atoms with Gasteiger partial charge in [-0.3, -0.25) is 0 Å². The molecule has 106 valence electrons. The van der Waals surface area contributed by atoms with E-state index >= 15 is 0 Å². The Morgan fingerprint density at radius 2 is 2.05 bits per heavy atom. The fourth-order valence-corrected chi connectivity index (χ4v) is 2.39. The van der Waals surface area contributed by atoms with Crippen molar-refractivity contribution in [2.45, 2.75) is 19.3 Å². The molecule has 0 bridgehead atoms. The third-order valence-electron chi connectivity index (χ3n) is 3.80. The van der Waals surface area contributed by atoms with E-state index in [0.29, 0.717) is 23.4 Å². The lowest BCUT2D eigenvalue weighted by Gasteiger charge is -1.98. The summed E-state index contributed by atoms with van der Waals surface area (Å²) in [6, 6.07) is 9.55. The maximum atomic E-state index is 10.1. The molecule has 0 radical (unpaired) electrons. The highest BCUT2D eigenvalue weighted by molar-refractivity contribution is 5.57. The molecular formula is C15H14N4O2. The molecule has 0 amide bonds. The van der Waals surface area contributed by atoms with Crippen molar-refractivity contribution in [3.05, 3.63) is 42.4 Å². The van der Waals surface area contributed by atoms with Crippen molar-refractivity contribution in [2.24, 2.45) is 5.92 Å². The Kier molecular flexibility index (Phi) is 2.57. The molecule has 1 aromatic carbocycles.